The van der Waals surface area contributed by atoms with E-state index in [1.807, 2.05) is 0 Å². The molecule has 0 radical (unpaired) electrons. The summed E-state index contributed by atoms with van der Waals surface area (Å²) in [5, 5.41) is 0. The van der Waals surface area contributed by atoms with Crippen molar-refractivity contribution in [3.05, 3.63) is 35.7 Å². The smallest absolute Gasteiger partial charge is 0.166 e. The Morgan fingerprint density at radius 3 is 1.50 bits per heavy atom. The maximum absolute atomic E-state index is 10.4. The SMILES string of the molecule is O=Cc1ccc(-c2ccc(C=O)[nH]2)[nH]1. The standard InChI is InChI=1S/C10H8N2O2/c13-5-7-1-3-9(11-7)10-4-2-8(6-14)12-10/h1-6,11-12H. The van der Waals surface area contributed by atoms with Crippen LogP contribution in [0.4, 0.5) is 0 Å². The molecule has 0 atom stereocenters. The molecule has 0 fully saturated rings. The molecule has 14 heavy (non-hydrogen) atoms. The van der Waals surface area contributed by atoms with Gasteiger partial charge < -0.3 is 9.97 Å². The minimum atomic E-state index is 0.516. The second-order valence-corrected chi connectivity index (χ2v) is 2.89. The van der Waals surface area contributed by atoms with Crippen molar-refractivity contribution in [1.82, 2.24) is 9.97 Å². The lowest BCUT2D eigenvalue weighted by molar-refractivity contribution is 0.111. The summed E-state index contributed by atoms with van der Waals surface area (Å²) < 4.78 is 0. The van der Waals surface area contributed by atoms with Crippen LogP contribution in [0.1, 0.15) is 21.0 Å². The highest BCUT2D eigenvalue weighted by Gasteiger charge is 2.03. The zero-order valence-corrected chi connectivity index (χ0v) is 7.28. The molecule has 0 amide bonds. The molecule has 2 heterocycles. The van der Waals surface area contributed by atoms with Gasteiger partial charge in [-0.05, 0) is 24.3 Å². The lowest BCUT2D eigenvalue weighted by Crippen LogP contribution is -1.82. The number of nitrogens with one attached hydrogen (secondary N) is 2. The van der Waals surface area contributed by atoms with Gasteiger partial charge in [-0.3, -0.25) is 9.59 Å². The molecule has 0 bridgehead atoms. The number of H-pyrrole nitrogens is 2. The molecule has 0 aliphatic carbocycles. The van der Waals surface area contributed by atoms with Crippen LogP contribution in [-0.4, -0.2) is 22.5 Å². The van der Waals surface area contributed by atoms with E-state index in [2.05, 4.69) is 9.97 Å². The number of carbonyl (C=O) groups excluding carboxylic acids is 2. The Hall–Kier alpha value is -2.10. The van der Waals surface area contributed by atoms with E-state index in [9.17, 15) is 9.59 Å². The summed E-state index contributed by atoms with van der Waals surface area (Å²) in [5.41, 5.74) is 2.62. The first-order valence-electron chi connectivity index (χ1n) is 4.12. The Bertz CT molecular complexity index is 424. The van der Waals surface area contributed by atoms with Crippen LogP contribution in [0.15, 0.2) is 24.3 Å². The van der Waals surface area contributed by atoms with Crippen molar-refractivity contribution in [2.45, 2.75) is 0 Å². The molecule has 2 aromatic heterocycles. The van der Waals surface area contributed by atoms with E-state index in [-0.39, 0.29) is 0 Å². The third-order valence-corrected chi connectivity index (χ3v) is 1.96. The van der Waals surface area contributed by atoms with E-state index in [1.165, 1.54) is 0 Å². The van der Waals surface area contributed by atoms with Crippen molar-refractivity contribution in [2.75, 3.05) is 0 Å². The van der Waals surface area contributed by atoms with Crippen molar-refractivity contribution >= 4 is 12.6 Å². The number of hydrogen-bond acceptors (Lipinski definition) is 2. The number of aromatic nitrogens is 2. The van der Waals surface area contributed by atoms with Crippen molar-refractivity contribution in [3.63, 3.8) is 0 Å². The highest BCUT2D eigenvalue weighted by atomic mass is 16.1. The summed E-state index contributed by atoms with van der Waals surface area (Å²) in [6, 6.07) is 6.93. The predicted molar refractivity (Wildman–Crippen MR) is 51.4 cm³/mol. The van der Waals surface area contributed by atoms with Crippen LogP contribution in [0, 0.1) is 0 Å². The van der Waals surface area contributed by atoms with Crippen molar-refractivity contribution in [3.8, 4) is 11.4 Å². The van der Waals surface area contributed by atoms with Crippen LogP contribution in [-0.2, 0) is 0 Å². The molecule has 0 aromatic carbocycles. The van der Waals surface area contributed by atoms with E-state index in [0.29, 0.717) is 11.4 Å². The average molecular weight is 188 g/mol. The minimum absolute atomic E-state index is 0.516. The quantitative estimate of drug-likeness (QED) is 0.719. The first-order chi connectivity index (χ1) is 6.83. The first kappa shape index (κ1) is 8.50. The molecule has 4 heteroatoms. The lowest BCUT2D eigenvalue weighted by atomic mass is 10.3. The number of aldehydes is 2. The second kappa shape index (κ2) is 3.33. The first-order valence-corrected chi connectivity index (χ1v) is 4.12. The number of aromatic amines is 2. The zero-order chi connectivity index (χ0) is 9.97. The van der Waals surface area contributed by atoms with E-state index in [0.717, 1.165) is 24.0 Å². The third kappa shape index (κ3) is 1.37. The molecule has 0 unspecified atom stereocenters. The maximum atomic E-state index is 10.4. The summed E-state index contributed by atoms with van der Waals surface area (Å²) in [4.78, 5) is 26.6. The molecule has 70 valence electrons. The van der Waals surface area contributed by atoms with Gasteiger partial charge in [-0.15, -0.1) is 0 Å². The molecule has 2 aromatic rings. The van der Waals surface area contributed by atoms with Gasteiger partial charge in [0.1, 0.15) is 0 Å². The van der Waals surface area contributed by atoms with E-state index in [4.69, 9.17) is 0 Å². The van der Waals surface area contributed by atoms with Gasteiger partial charge >= 0.3 is 0 Å². The summed E-state index contributed by atoms with van der Waals surface area (Å²) >= 11 is 0. The Kier molecular flexibility index (Phi) is 2.02. The van der Waals surface area contributed by atoms with Crippen LogP contribution in [0.2, 0.25) is 0 Å². The van der Waals surface area contributed by atoms with E-state index in [1.54, 1.807) is 24.3 Å². The molecule has 2 rings (SSSR count). The highest BCUT2D eigenvalue weighted by molar-refractivity contribution is 5.77. The largest absolute Gasteiger partial charge is 0.351 e. The minimum Gasteiger partial charge on any atom is -0.351 e. The van der Waals surface area contributed by atoms with Gasteiger partial charge in [-0.2, -0.15) is 0 Å². The molecule has 0 aliphatic rings. The van der Waals surface area contributed by atoms with Gasteiger partial charge in [0.25, 0.3) is 0 Å². The van der Waals surface area contributed by atoms with Crippen LogP contribution in [0.3, 0.4) is 0 Å². The molecule has 0 saturated heterocycles. The number of rotatable bonds is 3. The fourth-order valence-electron chi connectivity index (χ4n) is 1.28. The molecule has 0 saturated carbocycles. The Morgan fingerprint density at radius 1 is 0.786 bits per heavy atom. The molecule has 4 nitrogen and oxygen atoms in total. The van der Waals surface area contributed by atoms with E-state index >= 15 is 0 Å². The number of hydrogen-bond donors (Lipinski definition) is 2. The van der Waals surface area contributed by atoms with Gasteiger partial charge in [0.15, 0.2) is 12.6 Å². The lowest BCUT2D eigenvalue weighted by Gasteiger charge is -1.91. The van der Waals surface area contributed by atoms with Gasteiger partial charge in [-0.25, -0.2) is 0 Å². The van der Waals surface area contributed by atoms with Crippen molar-refractivity contribution in [2.24, 2.45) is 0 Å². The van der Waals surface area contributed by atoms with Gasteiger partial charge in [-0.1, -0.05) is 0 Å². The molecular weight excluding hydrogens is 180 g/mol. The van der Waals surface area contributed by atoms with E-state index < -0.39 is 0 Å². The van der Waals surface area contributed by atoms with Crippen LogP contribution in [0.5, 0.6) is 0 Å². The van der Waals surface area contributed by atoms with Crippen molar-refractivity contribution < 1.29 is 9.59 Å². The monoisotopic (exact) mass is 188 g/mol. The normalized spacial score (nSPS) is 10.0. The van der Waals surface area contributed by atoms with Gasteiger partial charge in [0.05, 0.1) is 22.8 Å². The predicted octanol–water partition coefficient (Wildman–Crippen LogP) is 1.63. The topological polar surface area (TPSA) is 65.7 Å². The summed E-state index contributed by atoms with van der Waals surface area (Å²) in [7, 11) is 0. The Morgan fingerprint density at radius 2 is 1.21 bits per heavy atom. The Labute approximate surface area is 80.0 Å². The molecular formula is C10H8N2O2. The summed E-state index contributed by atoms with van der Waals surface area (Å²) in [6.45, 7) is 0. The number of carbonyl (C=O) groups is 2. The fourth-order valence-corrected chi connectivity index (χ4v) is 1.28. The average Bonchev–Trinajstić information content (AvgIpc) is 2.86. The Balaban J connectivity index is 2.38. The second-order valence-electron chi connectivity index (χ2n) is 2.89. The summed E-state index contributed by atoms with van der Waals surface area (Å²) in [5.74, 6) is 0. The highest BCUT2D eigenvalue weighted by Crippen LogP contribution is 2.16. The maximum Gasteiger partial charge on any atom is 0.166 e. The molecule has 0 spiro atoms. The molecule has 0 aliphatic heterocycles. The third-order valence-electron chi connectivity index (χ3n) is 1.96. The van der Waals surface area contributed by atoms with Crippen LogP contribution < -0.4 is 0 Å². The fraction of sp³-hybridized carbons (Fsp3) is 0. The van der Waals surface area contributed by atoms with Crippen LogP contribution in [0.25, 0.3) is 11.4 Å². The van der Waals surface area contributed by atoms with Gasteiger partial charge in [0.2, 0.25) is 0 Å². The van der Waals surface area contributed by atoms with Crippen LogP contribution >= 0.6 is 0 Å². The van der Waals surface area contributed by atoms with Crippen molar-refractivity contribution in [1.29, 1.82) is 0 Å². The zero-order valence-electron chi connectivity index (χ0n) is 7.28. The molecule has 2 N–H and O–H groups in total. The summed E-state index contributed by atoms with van der Waals surface area (Å²) in [6.07, 6.45) is 1.49. The van der Waals surface area contributed by atoms with Gasteiger partial charge in [0, 0.05) is 0 Å².